The van der Waals surface area contributed by atoms with Gasteiger partial charge in [0.25, 0.3) is 0 Å². The number of Topliss-reactive ketones (excluding diaryl/α,β-unsaturated/α-hetero) is 1. The quantitative estimate of drug-likeness (QED) is 0.782. The smallest absolute Gasteiger partial charge is 0.335 e. The summed E-state index contributed by atoms with van der Waals surface area (Å²) in [6.45, 7) is 5.57. The Labute approximate surface area is 146 Å². The Balaban J connectivity index is 2.01. The van der Waals surface area contributed by atoms with Crippen molar-refractivity contribution in [2.75, 3.05) is 5.32 Å². The van der Waals surface area contributed by atoms with Crippen molar-refractivity contribution >= 4 is 23.3 Å². The number of carboxylic acid groups (broad SMARTS) is 1. The zero-order valence-electron chi connectivity index (χ0n) is 14.6. The molecular weight excluding hydrogens is 318 g/mol. The second-order valence-electron chi connectivity index (χ2n) is 6.12. The molecule has 0 spiro atoms. The molecule has 0 saturated heterocycles. The lowest BCUT2D eigenvalue weighted by atomic mass is 9.99. The van der Waals surface area contributed by atoms with Gasteiger partial charge in [-0.25, -0.2) is 4.79 Å². The predicted octanol–water partition coefficient (Wildman–Crippen LogP) is 3.91. The highest BCUT2D eigenvalue weighted by molar-refractivity contribution is 6.01. The number of carbonyl (C=O) groups is 3. The van der Waals surface area contributed by atoms with E-state index in [4.69, 9.17) is 5.11 Å². The van der Waals surface area contributed by atoms with E-state index in [1.807, 2.05) is 32.0 Å². The van der Waals surface area contributed by atoms with E-state index in [2.05, 4.69) is 5.32 Å². The molecule has 0 atom stereocenters. The molecule has 2 aromatic rings. The molecule has 2 N–H and O–H groups in total. The molecule has 0 heterocycles. The largest absolute Gasteiger partial charge is 0.478 e. The van der Waals surface area contributed by atoms with Gasteiger partial charge in [0.1, 0.15) is 0 Å². The minimum absolute atomic E-state index is 0.0446. The topological polar surface area (TPSA) is 83.5 Å². The van der Waals surface area contributed by atoms with Crippen LogP contribution in [0.3, 0.4) is 0 Å². The monoisotopic (exact) mass is 339 g/mol. The first kappa shape index (κ1) is 18.4. The number of ketones is 1. The van der Waals surface area contributed by atoms with Crippen LogP contribution < -0.4 is 5.32 Å². The van der Waals surface area contributed by atoms with Gasteiger partial charge in [0.05, 0.1) is 5.56 Å². The van der Waals surface area contributed by atoms with Crippen molar-refractivity contribution in [3.8, 4) is 0 Å². The van der Waals surface area contributed by atoms with E-state index in [1.54, 1.807) is 13.0 Å². The third kappa shape index (κ3) is 4.76. The number of anilines is 1. The number of rotatable bonds is 6. The standard InChI is InChI=1S/C20H21NO4/c1-12-4-5-13(2)16(10-12)18(22)8-9-19(23)21-17-11-15(20(24)25)7-6-14(17)3/h4-7,10-11H,8-9H2,1-3H3,(H,21,23)(H,24,25). The van der Waals surface area contributed by atoms with Crippen LogP contribution in [0.5, 0.6) is 0 Å². The number of nitrogens with one attached hydrogen (secondary N) is 1. The van der Waals surface area contributed by atoms with E-state index in [0.29, 0.717) is 11.3 Å². The number of hydrogen-bond acceptors (Lipinski definition) is 3. The first-order chi connectivity index (χ1) is 11.8. The summed E-state index contributed by atoms with van der Waals surface area (Å²) in [5.41, 5.74) is 3.84. The lowest BCUT2D eigenvalue weighted by Gasteiger charge is -2.10. The molecule has 0 radical (unpaired) electrons. The molecule has 0 aliphatic carbocycles. The molecule has 0 aromatic heterocycles. The van der Waals surface area contributed by atoms with Gasteiger partial charge in [-0.2, -0.15) is 0 Å². The summed E-state index contributed by atoms with van der Waals surface area (Å²) in [6, 6.07) is 10.2. The molecular formula is C20H21NO4. The van der Waals surface area contributed by atoms with Crippen LogP contribution in [-0.2, 0) is 4.79 Å². The third-order valence-electron chi connectivity index (χ3n) is 4.03. The normalized spacial score (nSPS) is 10.4. The molecule has 5 heteroatoms. The Morgan fingerprint density at radius 2 is 1.60 bits per heavy atom. The summed E-state index contributed by atoms with van der Waals surface area (Å²) >= 11 is 0. The Hall–Kier alpha value is -2.95. The zero-order valence-corrected chi connectivity index (χ0v) is 14.6. The van der Waals surface area contributed by atoms with Crippen LogP contribution >= 0.6 is 0 Å². The molecule has 0 unspecified atom stereocenters. The lowest BCUT2D eigenvalue weighted by Crippen LogP contribution is -2.15. The van der Waals surface area contributed by atoms with Crippen molar-refractivity contribution in [1.29, 1.82) is 0 Å². The van der Waals surface area contributed by atoms with Gasteiger partial charge in [-0.1, -0.05) is 23.8 Å². The summed E-state index contributed by atoms with van der Waals surface area (Å²) in [4.78, 5) is 35.5. The first-order valence-corrected chi connectivity index (χ1v) is 8.02. The number of hydrogen-bond donors (Lipinski definition) is 2. The molecule has 0 bridgehead atoms. The third-order valence-corrected chi connectivity index (χ3v) is 4.03. The Bertz CT molecular complexity index is 840. The average molecular weight is 339 g/mol. The lowest BCUT2D eigenvalue weighted by molar-refractivity contribution is -0.116. The highest BCUT2D eigenvalue weighted by Crippen LogP contribution is 2.18. The highest BCUT2D eigenvalue weighted by atomic mass is 16.4. The average Bonchev–Trinajstić information content (AvgIpc) is 2.56. The summed E-state index contributed by atoms with van der Waals surface area (Å²) in [5.74, 6) is -1.45. The second-order valence-corrected chi connectivity index (χ2v) is 6.12. The van der Waals surface area contributed by atoms with Crippen LogP contribution in [0.25, 0.3) is 0 Å². The summed E-state index contributed by atoms with van der Waals surface area (Å²) in [7, 11) is 0. The summed E-state index contributed by atoms with van der Waals surface area (Å²) in [6.07, 6.45) is 0.150. The van der Waals surface area contributed by atoms with Gasteiger partial charge in [0.2, 0.25) is 5.91 Å². The van der Waals surface area contributed by atoms with Crippen molar-refractivity contribution in [3.05, 3.63) is 64.2 Å². The molecule has 5 nitrogen and oxygen atoms in total. The van der Waals surface area contributed by atoms with Crippen LogP contribution in [0.2, 0.25) is 0 Å². The number of amides is 1. The molecule has 0 aliphatic heterocycles. The van der Waals surface area contributed by atoms with Crippen LogP contribution in [0.4, 0.5) is 5.69 Å². The first-order valence-electron chi connectivity index (χ1n) is 8.02. The van der Waals surface area contributed by atoms with E-state index in [-0.39, 0.29) is 30.1 Å². The van der Waals surface area contributed by atoms with Gasteiger partial charge >= 0.3 is 5.97 Å². The van der Waals surface area contributed by atoms with Gasteiger partial charge in [0, 0.05) is 24.1 Å². The minimum atomic E-state index is -1.06. The van der Waals surface area contributed by atoms with E-state index in [0.717, 1.165) is 16.7 Å². The van der Waals surface area contributed by atoms with Gasteiger partial charge in [0.15, 0.2) is 5.78 Å². The number of benzene rings is 2. The van der Waals surface area contributed by atoms with Gasteiger partial charge < -0.3 is 10.4 Å². The van der Waals surface area contributed by atoms with E-state index in [9.17, 15) is 14.4 Å². The van der Waals surface area contributed by atoms with Gasteiger partial charge in [-0.05, 0) is 50.1 Å². The Morgan fingerprint density at radius 3 is 2.28 bits per heavy atom. The van der Waals surface area contributed by atoms with Crippen LogP contribution in [0.15, 0.2) is 36.4 Å². The number of carboxylic acids is 1. The molecule has 0 saturated carbocycles. The maximum atomic E-state index is 12.3. The molecule has 2 rings (SSSR count). The fourth-order valence-electron chi connectivity index (χ4n) is 2.50. The van der Waals surface area contributed by atoms with Crippen LogP contribution in [0, 0.1) is 20.8 Å². The molecule has 130 valence electrons. The predicted molar refractivity (Wildman–Crippen MR) is 96.2 cm³/mol. The van der Waals surface area contributed by atoms with Crippen LogP contribution in [0.1, 0.15) is 50.2 Å². The maximum absolute atomic E-state index is 12.3. The molecule has 0 aliphatic rings. The summed E-state index contributed by atoms with van der Waals surface area (Å²) < 4.78 is 0. The zero-order chi connectivity index (χ0) is 18.6. The highest BCUT2D eigenvalue weighted by Gasteiger charge is 2.13. The fraction of sp³-hybridized carbons (Fsp3) is 0.250. The maximum Gasteiger partial charge on any atom is 0.335 e. The van der Waals surface area contributed by atoms with Crippen molar-refractivity contribution in [2.45, 2.75) is 33.6 Å². The Kier molecular flexibility index (Phi) is 5.70. The van der Waals surface area contributed by atoms with Gasteiger partial charge in [-0.15, -0.1) is 0 Å². The number of aromatic carboxylic acids is 1. The molecule has 2 aromatic carbocycles. The van der Waals surface area contributed by atoms with Gasteiger partial charge in [-0.3, -0.25) is 9.59 Å². The minimum Gasteiger partial charge on any atom is -0.478 e. The fourth-order valence-corrected chi connectivity index (χ4v) is 2.50. The molecule has 25 heavy (non-hydrogen) atoms. The summed E-state index contributed by atoms with van der Waals surface area (Å²) in [5, 5.41) is 11.7. The number of carbonyl (C=O) groups excluding carboxylic acids is 2. The molecule has 0 fully saturated rings. The van der Waals surface area contributed by atoms with Crippen molar-refractivity contribution < 1.29 is 19.5 Å². The molecule has 1 amide bonds. The van der Waals surface area contributed by atoms with E-state index in [1.165, 1.54) is 12.1 Å². The van der Waals surface area contributed by atoms with Crippen molar-refractivity contribution in [3.63, 3.8) is 0 Å². The number of aryl methyl sites for hydroxylation is 3. The van der Waals surface area contributed by atoms with Crippen LogP contribution in [-0.4, -0.2) is 22.8 Å². The van der Waals surface area contributed by atoms with Crippen molar-refractivity contribution in [2.24, 2.45) is 0 Å². The Morgan fingerprint density at radius 1 is 0.920 bits per heavy atom. The second kappa shape index (κ2) is 7.75. The van der Waals surface area contributed by atoms with Crippen molar-refractivity contribution in [1.82, 2.24) is 0 Å². The van der Waals surface area contributed by atoms with E-state index >= 15 is 0 Å². The SMILES string of the molecule is Cc1ccc(C)c(C(=O)CCC(=O)Nc2cc(C(=O)O)ccc2C)c1. The van der Waals surface area contributed by atoms with E-state index < -0.39 is 5.97 Å².